The molecular formula is C18H16O2. The second-order valence-corrected chi connectivity index (χ2v) is 5.63. The molecule has 0 unspecified atom stereocenters. The van der Waals surface area contributed by atoms with Crippen LogP contribution in [0.25, 0.3) is 0 Å². The number of ether oxygens (including phenoxy) is 1. The normalized spacial score (nSPS) is 16.5. The van der Waals surface area contributed by atoms with Crippen LogP contribution >= 0.6 is 0 Å². The van der Waals surface area contributed by atoms with Crippen LogP contribution in [0.2, 0.25) is 0 Å². The first-order valence-corrected chi connectivity index (χ1v) is 7.26. The highest BCUT2D eigenvalue weighted by molar-refractivity contribution is 6.01. The molecule has 100 valence electrons. The van der Waals surface area contributed by atoms with Gasteiger partial charge in [-0.2, -0.15) is 0 Å². The molecule has 2 aromatic rings. The highest BCUT2D eigenvalue weighted by Gasteiger charge is 2.23. The van der Waals surface area contributed by atoms with Crippen LogP contribution in [-0.4, -0.2) is 5.78 Å². The van der Waals surface area contributed by atoms with Gasteiger partial charge in [-0.1, -0.05) is 18.2 Å². The van der Waals surface area contributed by atoms with Crippen LogP contribution in [0.5, 0.6) is 11.5 Å². The first kappa shape index (κ1) is 11.7. The molecule has 0 spiro atoms. The molecule has 2 aliphatic rings. The van der Waals surface area contributed by atoms with E-state index in [-0.39, 0.29) is 5.78 Å². The number of fused-ring (bicyclic) bond motifs is 3. The summed E-state index contributed by atoms with van der Waals surface area (Å²) in [4.78, 5) is 12.5. The van der Waals surface area contributed by atoms with Crippen molar-refractivity contribution < 1.29 is 9.53 Å². The van der Waals surface area contributed by atoms with Crippen LogP contribution in [0.3, 0.4) is 0 Å². The van der Waals surface area contributed by atoms with E-state index < -0.39 is 0 Å². The van der Waals surface area contributed by atoms with Gasteiger partial charge in [0.05, 0.1) is 5.56 Å². The Hall–Kier alpha value is -2.09. The average molecular weight is 264 g/mol. The minimum absolute atomic E-state index is 0.165. The predicted molar refractivity (Wildman–Crippen MR) is 77.6 cm³/mol. The Bertz CT molecular complexity index is 701. The van der Waals surface area contributed by atoms with E-state index in [0.29, 0.717) is 6.42 Å². The van der Waals surface area contributed by atoms with Crippen molar-refractivity contribution in [1.82, 2.24) is 0 Å². The number of ketones is 1. The van der Waals surface area contributed by atoms with Gasteiger partial charge in [0.25, 0.3) is 0 Å². The van der Waals surface area contributed by atoms with Crippen molar-refractivity contribution in [3.05, 3.63) is 58.7 Å². The quantitative estimate of drug-likeness (QED) is 0.716. The van der Waals surface area contributed by atoms with Crippen LogP contribution < -0.4 is 4.74 Å². The van der Waals surface area contributed by atoms with Gasteiger partial charge in [-0.15, -0.1) is 0 Å². The SMILES string of the molecule is O=C1Cc2ccccc2Oc2cc3c(cc21)CCCC3. The monoisotopic (exact) mass is 264 g/mol. The fourth-order valence-electron chi connectivity index (χ4n) is 3.20. The first-order valence-electron chi connectivity index (χ1n) is 7.26. The summed E-state index contributed by atoms with van der Waals surface area (Å²) in [5.41, 5.74) is 4.41. The van der Waals surface area contributed by atoms with Crippen molar-refractivity contribution in [1.29, 1.82) is 0 Å². The minimum atomic E-state index is 0.165. The number of para-hydroxylation sites is 1. The van der Waals surface area contributed by atoms with Gasteiger partial charge >= 0.3 is 0 Å². The maximum atomic E-state index is 12.5. The van der Waals surface area contributed by atoms with Crippen molar-refractivity contribution in [2.75, 3.05) is 0 Å². The number of carbonyl (C=O) groups excluding carboxylic acids is 1. The van der Waals surface area contributed by atoms with Gasteiger partial charge in [0.15, 0.2) is 5.78 Å². The van der Waals surface area contributed by atoms with Crippen molar-refractivity contribution in [3.63, 3.8) is 0 Å². The standard InChI is InChI=1S/C18H16O2/c19-16-10-14-7-3-4-8-17(14)20-18-11-13-6-2-1-5-12(13)9-15(16)18/h3-4,7-9,11H,1-2,5-6,10H2. The predicted octanol–water partition coefficient (Wildman–Crippen LogP) is 4.10. The summed E-state index contributed by atoms with van der Waals surface area (Å²) in [5, 5.41) is 0. The van der Waals surface area contributed by atoms with Gasteiger partial charge in [0.1, 0.15) is 11.5 Å². The van der Waals surface area contributed by atoms with Crippen LogP contribution in [0.15, 0.2) is 36.4 Å². The molecule has 2 aromatic carbocycles. The molecule has 0 bridgehead atoms. The van der Waals surface area contributed by atoms with Gasteiger partial charge < -0.3 is 4.74 Å². The summed E-state index contributed by atoms with van der Waals surface area (Å²) < 4.78 is 6.02. The highest BCUT2D eigenvalue weighted by atomic mass is 16.5. The lowest BCUT2D eigenvalue weighted by molar-refractivity contribution is 0.0993. The maximum Gasteiger partial charge on any atom is 0.171 e. The molecule has 0 fully saturated rings. The van der Waals surface area contributed by atoms with E-state index in [1.54, 1.807) is 0 Å². The van der Waals surface area contributed by atoms with E-state index in [0.717, 1.165) is 35.5 Å². The molecule has 1 aliphatic carbocycles. The van der Waals surface area contributed by atoms with E-state index >= 15 is 0 Å². The third kappa shape index (κ3) is 1.83. The van der Waals surface area contributed by atoms with Gasteiger partial charge in [0, 0.05) is 12.0 Å². The van der Waals surface area contributed by atoms with E-state index in [1.165, 1.54) is 24.0 Å². The zero-order valence-electron chi connectivity index (χ0n) is 11.3. The summed E-state index contributed by atoms with van der Waals surface area (Å²) in [5.74, 6) is 1.72. The van der Waals surface area contributed by atoms with Crippen molar-refractivity contribution in [2.45, 2.75) is 32.1 Å². The molecule has 1 aliphatic heterocycles. The van der Waals surface area contributed by atoms with Gasteiger partial charge in [0.2, 0.25) is 0 Å². The van der Waals surface area contributed by atoms with Gasteiger partial charge in [-0.05, 0) is 55.0 Å². The smallest absolute Gasteiger partial charge is 0.171 e. The minimum Gasteiger partial charge on any atom is -0.456 e. The fourth-order valence-corrected chi connectivity index (χ4v) is 3.20. The Kier molecular flexibility index (Phi) is 2.62. The van der Waals surface area contributed by atoms with Crippen LogP contribution in [0, 0.1) is 0 Å². The third-order valence-electron chi connectivity index (χ3n) is 4.29. The third-order valence-corrected chi connectivity index (χ3v) is 4.29. The van der Waals surface area contributed by atoms with E-state index in [2.05, 4.69) is 12.1 Å². The summed E-state index contributed by atoms with van der Waals surface area (Å²) >= 11 is 0. The number of hydrogen-bond acceptors (Lipinski definition) is 2. The molecule has 0 N–H and O–H groups in total. The maximum absolute atomic E-state index is 12.5. The Balaban J connectivity index is 1.87. The number of hydrogen-bond donors (Lipinski definition) is 0. The van der Waals surface area contributed by atoms with Gasteiger partial charge in [-0.3, -0.25) is 4.79 Å². The number of benzene rings is 2. The number of aryl methyl sites for hydroxylation is 2. The lowest BCUT2D eigenvalue weighted by Gasteiger charge is -2.18. The number of carbonyl (C=O) groups is 1. The van der Waals surface area contributed by atoms with Gasteiger partial charge in [-0.25, -0.2) is 0 Å². The molecule has 0 aromatic heterocycles. The second-order valence-electron chi connectivity index (χ2n) is 5.63. The van der Waals surface area contributed by atoms with Crippen molar-refractivity contribution >= 4 is 5.78 Å². The molecule has 0 saturated heterocycles. The molecule has 2 heteroatoms. The summed E-state index contributed by atoms with van der Waals surface area (Å²) in [6.07, 6.45) is 5.07. The summed E-state index contributed by atoms with van der Waals surface area (Å²) in [6.45, 7) is 0. The Morgan fingerprint density at radius 3 is 2.45 bits per heavy atom. The first-order chi connectivity index (χ1) is 9.81. The zero-order chi connectivity index (χ0) is 13.5. The van der Waals surface area contributed by atoms with Crippen molar-refractivity contribution in [3.8, 4) is 11.5 Å². The second kappa shape index (κ2) is 4.48. The highest BCUT2D eigenvalue weighted by Crippen LogP contribution is 2.36. The average Bonchev–Trinajstić information content (AvgIpc) is 2.61. The molecule has 0 atom stereocenters. The topological polar surface area (TPSA) is 26.3 Å². The fraction of sp³-hybridized carbons (Fsp3) is 0.278. The Labute approximate surface area is 118 Å². The number of rotatable bonds is 0. The van der Waals surface area contributed by atoms with E-state index in [9.17, 15) is 4.79 Å². The molecule has 4 rings (SSSR count). The lowest BCUT2D eigenvalue weighted by atomic mass is 9.89. The Morgan fingerprint density at radius 2 is 1.60 bits per heavy atom. The lowest BCUT2D eigenvalue weighted by Crippen LogP contribution is -2.07. The molecule has 0 amide bonds. The van der Waals surface area contributed by atoms with Crippen LogP contribution in [0.1, 0.15) is 39.9 Å². The van der Waals surface area contributed by atoms with Crippen LogP contribution in [0.4, 0.5) is 0 Å². The molecule has 1 heterocycles. The molecule has 20 heavy (non-hydrogen) atoms. The molecular weight excluding hydrogens is 248 g/mol. The van der Waals surface area contributed by atoms with E-state index in [1.807, 2.05) is 24.3 Å². The Morgan fingerprint density at radius 1 is 0.850 bits per heavy atom. The summed E-state index contributed by atoms with van der Waals surface area (Å²) in [6, 6.07) is 12.0. The van der Waals surface area contributed by atoms with E-state index in [4.69, 9.17) is 4.74 Å². The zero-order valence-corrected chi connectivity index (χ0v) is 11.3. The number of Topliss-reactive ketones (excluding diaryl/α,β-unsaturated/α-hetero) is 1. The largest absolute Gasteiger partial charge is 0.456 e. The summed E-state index contributed by atoms with van der Waals surface area (Å²) in [7, 11) is 0. The molecule has 0 radical (unpaired) electrons. The van der Waals surface area contributed by atoms with Crippen LogP contribution in [-0.2, 0) is 19.3 Å². The van der Waals surface area contributed by atoms with Crippen molar-refractivity contribution in [2.24, 2.45) is 0 Å². The molecule has 2 nitrogen and oxygen atoms in total. The molecule has 0 saturated carbocycles.